The summed E-state index contributed by atoms with van der Waals surface area (Å²) >= 11 is 7.64. The number of benzene rings is 3. The Morgan fingerprint density at radius 3 is 2.33 bits per heavy atom. The van der Waals surface area contributed by atoms with Crippen molar-refractivity contribution in [2.24, 2.45) is 0 Å². The van der Waals surface area contributed by atoms with Gasteiger partial charge in [0.05, 0.1) is 0 Å². The van der Waals surface area contributed by atoms with Crippen LogP contribution in [-0.2, 0) is 0 Å². The third-order valence-corrected chi connectivity index (χ3v) is 7.00. The number of pyridine rings is 1. The first-order chi connectivity index (χ1) is 17.5. The van der Waals surface area contributed by atoms with E-state index < -0.39 is 0 Å². The summed E-state index contributed by atoms with van der Waals surface area (Å²) in [4.78, 5) is 20.0. The van der Waals surface area contributed by atoms with Crippen molar-refractivity contribution in [1.82, 2.24) is 20.5 Å². The summed E-state index contributed by atoms with van der Waals surface area (Å²) in [5, 5.41) is 14.5. The number of hydrogen-bond donors (Lipinski definition) is 1. The summed E-state index contributed by atoms with van der Waals surface area (Å²) in [6.45, 7) is 0. The number of amides is 1. The summed E-state index contributed by atoms with van der Waals surface area (Å²) < 4.78 is 0. The van der Waals surface area contributed by atoms with Crippen molar-refractivity contribution in [1.29, 1.82) is 0 Å². The van der Waals surface area contributed by atoms with Crippen molar-refractivity contribution < 1.29 is 4.79 Å². The monoisotopic (exact) mass is 511 g/mol. The molecule has 0 aliphatic carbocycles. The first kappa shape index (κ1) is 23.8. The van der Waals surface area contributed by atoms with E-state index in [0.717, 1.165) is 43.3 Å². The Morgan fingerprint density at radius 2 is 1.61 bits per heavy atom. The lowest BCUT2D eigenvalue weighted by atomic mass is 10.0. The maximum Gasteiger partial charge on any atom is 0.269 e. The Labute approximate surface area is 218 Å². The number of aromatic nitrogens is 3. The molecule has 3 aromatic carbocycles. The first-order valence-corrected chi connectivity index (χ1v) is 12.4. The lowest BCUT2D eigenvalue weighted by Gasteiger charge is -2.20. The lowest BCUT2D eigenvalue weighted by molar-refractivity contribution is 0.0958. The molecule has 1 N–H and O–H groups in total. The van der Waals surface area contributed by atoms with Crippen LogP contribution in [0.4, 0.5) is 11.5 Å². The molecule has 0 spiro atoms. The Kier molecular flexibility index (Phi) is 6.84. The average Bonchev–Trinajstić information content (AvgIpc) is 2.93. The molecule has 36 heavy (non-hydrogen) atoms. The smallest absolute Gasteiger partial charge is 0.269 e. The molecule has 5 rings (SSSR count). The molecular weight excluding hydrogens is 490 g/mol. The van der Waals surface area contributed by atoms with E-state index in [-0.39, 0.29) is 5.91 Å². The molecular formula is C28H22ClN5OS. The van der Waals surface area contributed by atoms with E-state index in [9.17, 15) is 4.79 Å². The number of hydrogen-bond acceptors (Lipinski definition) is 6. The van der Waals surface area contributed by atoms with Crippen molar-refractivity contribution in [3.8, 4) is 11.3 Å². The van der Waals surface area contributed by atoms with E-state index in [4.69, 9.17) is 11.6 Å². The molecule has 2 aromatic heterocycles. The highest BCUT2D eigenvalue weighted by molar-refractivity contribution is 7.99. The van der Waals surface area contributed by atoms with Crippen LogP contribution in [0.5, 0.6) is 0 Å². The summed E-state index contributed by atoms with van der Waals surface area (Å²) in [5.74, 6) is 0.568. The number of halogens is 1. The first-order valence-electron chi connectivity index (χ1n) is 11.2. The predicted molar refractivity (Wildman–Crippen MR) is 146 cm³/mol. The molecule has 5 aromatic rings. The van der Waals surface area contributed by atoms with E-state index in [2.05, 4.69) is 32.6 Å². The molecule has 6 nitrogen and oxygen atoms in total. The molecule has 0 aliphatic rings. The second-order valence-electron chi connectivity index (χ2n) is 8.04. The number of carbonyl (C=O) groups excluding carboxylic acids is 1. The highest BCUT2D eigenvalue weighted by Gasteiger charge is 2.15. The maximum absolute atomic E-state index is 11.9. The summed E-state index contributed by atoms with van der Waals surface area (Å²) in [5.41, 5.74) is 3.17. The van der Waals surface area contributed by atoms with Crippen LogP contribution in [0, 0.1) is 0 Å². The molecule has 0 saturated heterocycles. The zero-order valence-corrected chi connectivity index (χ0v) is 21.2. The molecule has 1 amide bonds. The summed E-state index contributed by atoms with van der Waals surface area (Å²) in [6, 6.07) is 27.6. The molecule has 0 atom stereocenters. The number of nitrogens with zero attached hydrogens (tertiary/aromatic N) is 4. The van der Waals surface area contributed by atoms with Gasteiger partial charge in [0.25, 0.3) is 5.91 Å². The summed E-state index contributed by atoms with van der Waals surface area (Å²) in [7, 11) is 3.58. The fraction of sp³-hybridized carbons (Fsp3) is 0.0714. The molecule has 0 aliphatic heterocycles. The van der Waals surface area contributed by atoms with Gasteiger partial charge < -0.3 is 10.2 Å². The van der Waals surface area contributed by atoms with Crippen LogP contribution >= 0.6 is 23.4 Å². The van der Waals surface area contributed by atoms with Crippen molar-refractivity contribution in [2.75, 3.05) is 19.0 Å². The van der Waals surface area contributed by atoms with Gasteiger partial charge in [-0.25, -0.2) is 0 Å². The minimum atomic E-state index is -0.204. The predicted octanol–water partition coefficient (Wildman–Crippen LogP) is 6.62. The van der Waals surface area contributed by atoms with E-state index in [1.807, 2.05) is 78.7 Å². The second-order valence-corrected chi connectivity index (χ2v) is 9.62. The Balaban J connectivity index is 1.42. The van der Waals surface area contributed by atoms with E-state index >= 15 is 0 Å². The number of carbonyl (C=O) groups is 1. The van der Waals surface area contributed by atoms with Crippen LogP contribution < -0.4 is 10.2 Å². The van der Waals surface area contributed by atoms with Gasteiger partial charge in [0.2, 0.25) is 0 Å². The van der Waals surface area contributed by atoms with Crippen LogP contribution in [0.15, 0.2) is 101 Å². The largest absolute Gasteiger partial charge is 0.354 e. The van der Waals surface area contributed by atoms with Gasteiger partial charge in [0.15, 0.2) is 5.82 Å². The van der Waals surface area contributed by atoms with Crippen LogP contribution in [-0.4, -0.2) is 35.2 Å². The van der Waals surface area contributed by atoms with Gasteiger partial charge in [-0.1, -0.05) is 59.8 Å². The molecule has 2 heterocycles. The van der Waals surface area contributed by atoms with Gasteiger partial charge in [0, 0.05) is 57.1 Å². The normalized spacial score (nSPS) is 10.9. The quantitative estimate of drug-likeness (QED) is 0.276. The molecule has 0 bridgehead atoms. The van der Waals surface area contributed by atoms with Gasteiger partial charge >= 0.3 is 0 Å². The average molecular weight is 512 g/mol. The van der Waals surface area contributed by atoms with Crippen LogP contribution in [0.25, 0.3) is 22.0 Å². The molecule has 8 heteroatoms. The zero-order valence-electron chi connectivity index (χ0n) is 19.6. The minimum Gasteiger partial charge on any atom is -0.354 e. The SMILES string of the molecule is CNC(=O)c1cc(Sc2ccc(N(C)c3nnc(-c4ccc(Cl)cc4)c4ccccc34)cc2)ccn1. The lowest BCUT2D eigenvalue weighted by Crippen LogP contribution is -2.18. The van der Waals surface area contributed by atoms with Crippen molar-refractivity contribution in [3.05, 3.63) is 102 Å². The number of anilines is 2. The maximum atomic E-state index is 11.9. The van der Waals surface area contributed by atoms with Crippen molar-refractivity contribution >= 4 is 51.5 Å². The Hall–Kier alpha value is -3.94. The molecule has 178 valence electrons. The van der Waals surface area contributed by atoms with Gasteiger partial charge in [-0.2, -0.15) is 0 Å². The highest BCUT2D eigenvalue weighted by atomic mass is 35.5. The van der Waals surface area contributed by atoms with Crippen LogP contribution in [0.1, 0.15) is 10.5 Å². The zero-order chi connectivity index (χ0) is 25.1. The van der Waals surface area contributed by atoms with E-state index in [0.29, 0.717) is 10.7 Å². The highest BCUT2D eigenvalue weighted by Crippen LogP contribution is 2.35. The van der Waals surface area contributed by atoms with Gasteiger partial charge in [-0.05, 0) is 48.5 Å². The third-order valence-electron chi connectivity index (χ3n) is 5.75. The standard InChI is InChI=1S/C28H22ClN5OS/c1-30-28(35)25-17-22(15-16-31-25)36-21-13-11-20(12-14-21)34(2)27-24-6-4-3-5-23(24)26(32-33-27)18-7-9-19(29)10-8-18/h3-17H,1-2H3,(H,30,35). The number of fused-ring (bicyclic) bond motifs is 1. The molecule has 0 unspecified atom stereocenters. The fourth-order valence-corrected chi connectivity index (χ4v) is 4.85. The second kappa shape index (κ2) is 10.4. The van der Waals surface area contributed by atoms with Gasteiger partial charge in [-0.15, -0.1) is 10.2 Å². The fourth-order valence-electron chi connectivity index (χ4n) is 3.88. The molecule has 0 saturated carbocycles. The summed E-state index contributed by atoms with van der Waals surface area (Å²) in [6.07, 6.45) is 1.65. The van der Waals surface area contributed by atoms with Gasteiger partial charge in [-0.3, -0.25) is 9.78 Å². The van der Waals surface area contributed by atoms with Crippen molar-refractivity contribution in [3.63, 3.8) is 0 Å². The topological polar surface area (TPSA) is 71.0 Å². The number of rotatable bonds is 6. The minimum absolute atomic E-state index is 0.204. The van der Waals surface area contributed by atoms with Crippen LogP contribution in [0.3, 0.4) is 0 Å². The van der Waals surface area contributed by atoms with E-state index in [1.165, 1.54) is 0 Å². The molecule has 0 radical (unpaired) electrons. The van der Waals surface area contributed by atoms with Gasteiger partial charge in [0.1, 0.15) is 11.4 Å². The Bertz CT molecular complexity index is 1540. The number of nitrogens with one attached hydrogen (secondary N) is 1. The third kappa shape index (κ3) is 4.89. The Morgan fingerprint density at radius 1 is 0.889 bits per heavy atom. The van der Waals surface area contributed by atoms with Crippen molar-refractivity contribution in [2.45, 2.75) is 9.79 Å². The molecule has 0 fully saturated rings. The van der Waals surface area contributed by atoms with Crippen LogP contribution in [0.2, 0.25) is 5.02 Å². The van der Waals surface area contributed by atoms with E-state index in [1.54, 1.807) is 31.1 Å².